The lowest BCUT2D eigenvalue weighted by molar-refractivity contribution is -0.384. The third-order valence-electron chi connectivity index (χ3n) is 6.41. The Bertz CT molecular complexity index is 1060. The van der Waals surface area contributed by atoms with Gasteiger partial charge >= 0.3 is 11.9 Å². The molecule has 0 bridgehead atoms. The monoisotopic (exact) mass is 468 g/mol. The summed E-state index contributed by atoms with van der Waals surface area (Å²) >= 11 is 0. The average Bonchev–Trinajstić information content (AvgIpc) is 3.34. The largest absolute Gasteiger partial charge is 0.467 e. The minimum absolute atomic E-state index is 0.0119. The fourth-order valence-corrected chi connectivity index (χ4v) is 4.71. The van der Waals surface area contributed by atoms with Gasteiger partial charge in [0.25, 0.3) is 5.69 Å². The van der Waals surface area contributed by atoms with Crippen LogP contribution in [0.25, 0.3) is 0 Å². The number of hydrogen-bond acceptors (Lipinski definition) is 7. The molecule has 1 aliphatic heterocycles. The van der Waals surface area contributed by atoms with E-state index in [1.807, 2.05) is 13.8 Å². The zero-order valence-corrected chi connectivity index (χ0v) is 20.3. The summed E-state index contributed by atoms with van der Waals surface area (Å²) in [5.41, 5.74) is 5.07. The lowest BCUT2D eigenvalue weighted by atomic mass is 9.90. The second-order valence-corrected chi connectivity index (χ2v) is 8.33. The van der Waals surface area contributed by atoms with E-state index in [9.17, 15) is 19.7 Å². The molecule has 1 atom stereocenters. The molecule has 0 radical (unpaired) electrons. The number of carbonyl (C=O) groups is 2. The quantitative estimate of drug-likeness (QED) is 0.297. The molecule has 2 aromatic carbocycles. The smallest absolute Gasteiger partial charge is 0.339 e. The van der Waals surface area contributed by atoms with Gasteiger partial charge in [-0.1, -0.05) is 26.8 Å². The number of esters is 2. The van der Waals surface area contributed by atoms with Crippen molar-refractivity contribution in [3.8, 4) is 0 Å². The van der Waals surface area contributed by atoms with Crippen molar-refractivity contribution >= 4 is 23.3 Å². The van der Waals surface area contributed by atoms with Crippen LogP contribution in [-0.2, 0) is 40.1 Å². The van der Waals surface area contributed by atoms with E-state index in [4.69, 9.17) is 9.47 Å². The van der Waals surface area contributed by atoms with Crippen LogP contribution in [0.3, 0.4) is 0 Å². The van der Waals surface area contributed by atoms with Gasteiger partial charge in [-0.25, -0.2) is 9.59 Å². The van der Waals surface area contributed by atoms with Gasteiger partial charge in [-0.3, -0.25) is 10.1 Å². The van der Waals surface area contributed by atoms with Crippen molar-refractivity contribution in [3.63, 3.8) is 0 Å². The first-order valence-corrected chi connectivity index (χ1v) is 11.8. The summed E-state index contributed by atoms with van der Waals surface area (Å²) in [5.74, 6) is -0.687. The molecular weight excluding hydrogens is 436 g/mol. The molecule has 8 heteroatoms. The molecule has 0 unspecified atom stereocenters. The molecule has 0 saturated carbocycles. The molecule has 0 aliphatic carbocycles. The van der Waals surface area contributed by atoms with Gasteiger partial charge in [-0.05, 0) is 66.5 Å². The Balaban J connectivity index is 1.98. The summed E-state index contributed by atoms with van der Waals surface area (Å²) in [6.07, 6.45) is 3.65. The number of rotatable bonds is 9. The van der Waals surface area contributed by atoms with Gasteiger partial charge in [-0.15, -0.1) is 0 Å². The third-order valence-corrected chi connectivity index (χ3v) is 6.41. The molecule has 0 amide bonds. The molecule has 0 spiro atoms. The Morgan fingerprint density at radius 3 is 2.32 bits per heavy atom. The standard InChI is InChI=1S/C26H32N2O6/c1-5-18-15-19(6-2)24(27-14-8-9-22(27)25(29)33-4)21(7-3)23(18)26(30)34-16-17-10-12-20(13-11-17)28(31)32/h10-13,15,22H,5-9,14,16H2,1-4H3/t22-/m0/s1. The van der Waals surface area contributed by atoms with Gasteiger partial charge in [0.15, 0.2) is 0 Å². The van der Waals surface area contributed by atoms with Gasteiger partial charge in [0.05, 0.1) is 17.6 Å². The van der Waals surface area contributed by atoms with Crippen LogP contribution in [0.4, 0.5) is 11.4 Å². The maximum atomic E-state index is 13.4. The van der Waals surface area contributed by atoms with Gasteiger partial charge < -0.3 is 14.4 Å². The highest BCUT2D eigenvalue weighted by Gasteiger charge is 2.35. The van der Waals surface area contributed by atoms with Crippen LogP contribution >= 0.6 is 0 Å². The summed E-state index contributed by atoms with van der Waals surface area (Å²) in [5, 5.41) is 10.9. The Morgan fingerprint density at radius 1 is 1.09 bits per heavy atom. The highest BCUT2D eigenvalue weighted by atomic mass is 16.6. The summed E-state index contributed by atoms with van der Waals surface area (Å²) in [6.45, 7) is 6.83. The van der Waals surface area contributed by atoms with Gasteiger partial charge in [0, 0.05) is 24.4 Å². The first kappa shape index (κ1) is 25.2. The minimum atomic E-state index is -0.465. The van der Waals surface area contributed by atoms with Gasteiger partial charge in [0.1, 0.15) is 12.6 Å². The SMILES string of the molecule is CCc1cc(CC)c(N2CCC[C@H]2C(=O)OC)c(CC)c1C(=O)OCc1ccc([N+](=O)[O-])cc1. The third kappa shape index (κ3) is 5.05. The summed E-state index contributed by atoms with van der Waals surface area (Å²) in [7, 11) is 1.40. The zero-order valence-electron chi connectivity index (χ0n) is 20.3. The summed E-state index contributed by atoms with van der Waals surface area (Å²) < 4.78 is 10.7. The van der Waals surface area contributed by atoms with Crippen molar-refractivity contribution in [3.05, 3.63) is 68.3 Å². The van der Waals surface area contributed by atoms with E-state index in [1.54, 1.807) is 12.1 Å². The first-order valence-electron chi connectivity index (χ1n) is 11.8. The van der Waals surface area contributed by atoms with E-state index in [1.165, 1.54) is 19.2 Å². The summed E-state index contributed by atoms with van der Waals surface area (Å²) in [4.78, 5) is 38.3. The van der Waals surface area contributed by atoms with Crippen LogP contribution in [0, 0.1) is 10.1 Å². The van der Waals surface area contributed by atoms with E-state index in [2.05, 4.69) is 17.9 Å². The van der Waals surface area contributed by atoms with E-state index >= 15 is 0 Å². The molecule has 3 rings (SSSR count). The number of ether oxygens (including phenoxy) is 2. The number of nitro groups is 1. The van der Waals surface area contributed by atoms with E-state index in [0.29, 0.717) is 30.4 Å². The van der Waals surface area contributed by atoms with Crippen LogP contribution in [-0.4, -0.2) is 36.6 Å². The maximum absolute atomic E-state index is 13.4. The maximum Gasteiger partial charge on any atom is 0.339 e. The van der Waals surface area contributed by atoms with Gasteiger partial charge in [0.2, 0.25) is 0 Å². The zero-order chi connectivity index (χ0) is 24.8. The molecule has 1 heterocycles. The van der Waals surface area contributed by atoms with Crippen molar-refractivity contribution in [1.29, 1.82) is 0 Å². The Morgan fingerprint density at radius 2 is 1.76 bits per heavy atom. The van der Waals surface area contributed by atoms with Crippen LogP contribution in [0.2, 0.25) is 0 Å². The molecule has 0 N–H and O–H groups in total. The number of methoxy groups -OCH3 is 1. The van der Waals surface area contributed by atoms with Gasteiger partial charge in [-0.2, -0.15) is 0 Å². The van der Waals surface area contributed by atoms with Crippen molar-refractivity contribution in [2.75, 3.05) is 18.6 Å². The summed E-state index contributed by atoms with van der Waals surface area (Å²) in [6, 6.07) is 7.66. The normalized spacial score (nSPS) is 15.3. The average molecular weight is 469 g/mol. The molecular formula is C26H32N2O6. The number of benzene rings is 2. The number of aryl methyl sites for hydroxylation is 2. The number of non-ortho nitro benzene ring substituents is 1. The predicted molar refractivity (Wildman–Crippen MR) is 129 cm³/mol. The molecule has 2 aromatic rings. The molecule has 1 fully saturated rings. The van der Waals surface area contributed by atoms with Crippen molar-refractivity contribution in [2.45, 2.75) is 65.5 Å². The van der Waals surface area contributed by atoms with Crippen LogP contribution in [0.1, 0.15) is 66.2 Å². The molecule has 8 nitrogen and oxygen atoms in total. The number of carbonyl (C=O) groups excluding carboxylic acids is 2. The highest BCUT2D eigenvalue weighted by molar-refractivity contribution is 5.96. The molecule has 182 valence electrons. The van der Waals surface area contributed by atoms with E-state index in [0.717, 1.165) is 41.8 Å². The Kier molecular flexibility index (Phi) is 8.26. The van der Waals surface area contributed by atoms with E-state index in [-0.39, 0.29) is 24.3 Å². The number of nitrogens with zero attached hydrogens (tertiary/aromatic N) is 2. The molecule has 0 aromatic heterocycles. The number of nitro benzene ring substituents is 1. The lowest BCUT2D eigenvalue weighted by Gasteiger charge is -2.31. The number of hydrogen-bond donors (Lipinski definition) is 0. The van der Waals surface area contributed by atoms with Crippen LogP contribution in [0.15, 0.2) is 30.3 Å². The minimum Gasteiger partial charge on any atom is -0.467 e. The van der Waals surface area contributed by atoms with Crippen LogP contribution in [0.5, 0.6) is 0 Å². The highest BCUT2D eigenvalue weighted by Crippen LogP contribution is 2.37. The second-order valence-electron chi connectivity index (χ2n) is 8.33. The fourth-order valence-electron chi connectivity index (χ4n) is 4.71. The lowest BCUT2D eigenvalue weighted by Crippen LogP contribution is -2.38. The van der Waals surface area contributed by atoms with E-state index < -0.39 is 10.9 Å². The van der Waals surface area contributed by atoms with Crippen molar-refractivity contribution in [1.82, 2.24) is 0 Å². The molecule has 1 aliphatic rings. The van der Waals surface area contributed by atoms with Crippen molar-refractivity contribution in [2.24, 2.45) is 0 Å². The first-order chi connectivity index (χ1) is 16.4. The topological polar surface area (TPSA) is 99.0 Å². The second kappa shape index (κ2) is 11.1. The Labute approximate surface area is 200 Å². The van der Waals surface area contributed by atoms with Crippen molar-refractivity contribution < 1.29 is 24.0 Å². The Hall–Kier alpha value is -3.42. The molecule has 1 saturated heterocycles. The number of anilines is 1. The fraction of sp³-hybridized carbons (Fsp3) is 0.462. The van der Waals surface area contributed by atoms with Crippen LogP contribution < -0.4 is 4.90 Å². The molecule has 34 heavy (non-hydrogen) atoms. The predicted octanol–water partition coefficient (Wildman–Crippen LogP) is 4.78.